The van der Waals surface area contributed by atoms with E-state index < -0.39 is 5.97 Å². The fraction of sp³-hybridized carbons (Fsp3) is 0.167. The second-order valence-corrected chi connectivity index (χ2v) is 7.16. The van der Waals surface area contributed by atoms with Crippen molar-refractivity contribution in [2.24, 2.45) is 0 Å². The number of ether oxygens (including phenoxy) is 1. The van der Waals surface area contributed by atoms with E-state index in [2.05, 4.69) is 9.97 Å². The molecule has 1 aromatic heterocycles. The summed E-state index contributed by atoms with van der Waals surface area (Å²) in [6, 6.07) is 16.7. The number of H-pyrrole nitrogens is 1. The van der Waals surface area contributed by atoms with Crippen LogP contribution in [0.4, 0.5) is 0 Å². The van der Waals surface area contributed by atoms with Gasteiger partial charge in [-0.3, -0.25) is 0 Å². The van der Waals surface area contributed by atoms with Gasteiger partial charge in [-0.25, -0.2) is 9.78 Å². The van der Waals surface area contributed by atoms with Crippen molar-refractivity contribution >= 4 is 17.0 Å². The minimum atomic E-state index is -0.427. The van der Waals surface area contributed by atoms with Crippen LogP contribution in [0.25, 0.3) is 11.0 Å². The van der Waals surface area contributed by atoms with Gasteiger partial charge < -0.3 is 14.8 Å². The van der Waals surface area contributed by atoms with Crippen LogP contribution < -0.4 is 4.74 Å². The number of aromatic amines is 1. The number of aromatic hydroxyl groups is 1. The molecule has 146 valence electrons. The van der Waals surface area contributed by atoms with Crippen molar-refractivity contribution < 1.29 is 14.6 Å². The Balaban J connectivity index is 1.78. The maximum atomic E-state index is 12.7. The number of esters is 1. The van der Waals surface area contributed by atoms with Crippen LogP contribution in [0, 0.1) is 20.8 Å². The summed E-state index contributed by atoms with van der Waals surface area (Å²) >= 11 is 0. The fourth-order valence-electron chi connectivity index (χ4n) is 3.50. The molecule has 0 saturated heterocycles. The minimum Gasteiger partial charge on any atom is -0.507 e. The zero-order chi connectivity index (χ0) is 20.5. The van der Waals surface area contributed by atoms with Gasteiger partial charge in [-0.1, -0.05) is 30.3 Å². The van der Waals surface area contributed by atoms with Crippen molar-refractivity contribution in [3.05, 3.63) is 88.2 Å². The van der Waals surface area contributed by atoms with Crippen molar-refractivity contribution in [1.29, 1.82) is 0 Å². The molecule has 4 aromatic rings. The van der Waals surface area contributed by atoms with Gasteiger partial charge in [0.15, 0.2) is 0 Å². The van der Waals surface area contributed by atoms with Crippen LogP contribution in [0.5, 0.6) is 11.5 Å². The summed E-state index contributed by atoms with van der Waals surface area (Å²) < 4.78 is 5.83. The monoisotopic (exact) mass is 386 g/mol. The Labute approximate surface area is 169 Å². The maximum absolute atomic E-state index is 12.7. The number of para-hydroxylation sites is 2. The number of phenols is 1. The summed E-state index contributed by atoms with van der Waals surface area (Å²) in [5.41, 5.74) is 5.16. The molecule has 0 atom stereocenters. The van der Waals surface area contributed by atoms with E-state index in [0.29, 0.717) is 28.9 Å². The molecule has 0 bridgehead atoms. The largest absolute Gasteiger partial charge is 0.507 e. The number of nitrogens with zero attached hydrogens (tertiary/aromatic N) is 1. The molecule has 5 nitrogen and oxygen atoms in total. The van der Waals surface area contributed by atoms with Crippen LogP contribution >= 0.6 is 0 Å². The zero-order valence-corrected chi connectivity index (χ0v) is 16.6. The predicted octanol–water partition coefficient (Wildman–Crippen LogP) is 5.00. The summed E-state index contributed by atoms with van der Waals surface area (Å²) in [6.07, 6.45) is 0.409. The lowest BCUT2D eigenvalue weighted by Crippen LogP contribution is -2.13. The molecule has 0 saturated carbocycles. The Bertz CT molecular complexity index is 1180. The molecular formula is C24H22N2O3. The van der Waals surface area contributed by atoms with Crippen LogP contribution in [0.15, 0.2) is 54.6 Å². The quantitative estimate of drug-likeness (QED) is 0.382. The van der Waals surface area contributed by atoms with E-state index in [9.17, 15) is 9.90 Å². The lowest BCUT2D eigenvalue weighted by Gasteiger charge is -2.19. The van der Waals surface area contributed by atoms with Gasteiger partial charge in [0.1, 0.15) is 17.3 Å². The van der Waals surface area contributed by atoms with Gasteiger partial charge in [-0.05, 0) is 61.7 Å². The van der Waals surface area contributed by atoms with Crippen molar-refractivity contribution in [2.75, 3.05) is 0 Å². The Morgan fingerprint density at radius 3 is 2.38 bits per heavy atom. The molecule has 0 unspecified atom stereocenters. The van der Waals surface area contributed by atoms with Gasteiger partial charge in [0.25, 0.3) is 0 Å². The number of fused-ring (bicyclic) bond motifs is 1. The molecule has 1 heterocycles. The van der Waals surface area contributed by atoms with Crippen LogP contribution in [0.3, 0.4) is 0 Å². The Morgan fingerprint density at radius 2 is 1.66 bits per heavy atom. The predicted molar refractivity (Wildman–Crippen MR) is 113 cm³/mol. The van der Waals surface area contributed by atoms with Crippen LogP contribution in [-0.4, -0.2) is 21.0 Å². The number of phenolic OH excluding ortho intramolecular Hbond substituents is 1. The third-order valence-corrected chi connectivity index (χ3v) is 5.33. The number of nitrogens with one attached hydrogen (secondary N) is 1. The van der Waals surface area contributed by atoms with Gasteiger partial charge in [0.05, 0.1) is 16.6 Å². The third kappa shape index (κ3) is 3.47. The van der Waals surface area contributed by atoms with Gasteiger partial charge in [0.2, 0.25) is 0 Å². The molecule has 0 amide bonds. The number of hydrogen-bond acceptors (Lipinski definition) is 4. The highest BCUT2D eigenvalue weighted by molar-refractivity contribution is 5.91. The average Bonchev–Trinajstić information content (AvgIpc) is 3.16. The highest BCUT2D eigenvalue weighted by Gasteiger charge is 2.22. The molecule has 5 heteroatoms. The molecule has 0 aliphatic heterocycles. The smallest absolute Gasteiger partial charge is 0.343 e. The van der Waals surface area contributed by atoms with E-state index in [-0.39, 0.29) is 5.75 Å². The standard InChI is InChI=1S/C24H22N2O3/c1-14-15(2)23(29-24(28)17-9-5-4-6-10-17)18(16(3)22(14)27)13-21-25-19-11-7-8-12-20(19)26-21/h4-12,27H,13H2,1-3H3,(H,25,26). The van der Waals surface area contributed by atoms with E-state index in [1.165, 1.54) is 0 Å². The van der Waals surface area contributed by atoms with Crippen molar-refractivity contribution in [1.82, 2.24) is 9.97 Å². The number of benzene rings is 3. The number of carbonyl (C=O) groups is 1. The maximum Gasteiger partial charge on any atom is 0.343 e. The van der Waals surface area contributed by atoms with Gasteiger partial charge in [-0.15, -0.1) is 0 Å². The molecule has 0 fully saturated rings. The molecular weight excluding hydrogens is 364 g/mol. The SMILES string of the molecule is Cc1c(C)c(OC(=O)c2ccccc2)c(Cc2nc3ccccc3[nH]2)c(C)c1O. The Morgan fingerprint density at radius 1 is 0.966 bits per heavy atom. The second-order valence-electron chi connectivity index (χ2n) is 7.16. The topological polar surface area (TPSA) is 75.2 Å². The molecule has 29 heavy (non-hydrogen) atoms. The van der Waals surface area contributed by atoms with Crippen LogP contribution in [-0.2, 0) is 6.42 Å². The van der Waals surface area contributed by atoms with E-state index in [1.54, 1.807) is 24.3 Å². The first-order chi connectivity index (χ1) is 14.0. The molecule has 3 aromatic carbocycles. The fourth-order valence-corrected chi connectivity index (χ4v) is 3.50. The molecule has 0 aliphatic carbocycles. The summed E-state index contributed by atoms with van der Waals surface area (Å²) in [7, 11) is 0. The molecule has 0 radical (unpaired) electrons. The molecule has 2 N–H and O–H groups in total. The first kappa shape index (κ1) is 18.7. The van der Waals surface area contributed by atoms with E-state index >= 15 is 0 Å². The first-order valence-corrected chi connectivity index (χ1v) is 9.48. The van der Waals surface area contributed by atoms with E-state index in [0.717, 1.165) is 28.0 Å². The summed E-state index contributed by atoms with van der Waals surface area (Å²) in [5, 5.41) is 10.6. The number of aromatic nitrogens is 2. The Hall–Kier alpha value is -3.60. The van der Waals surface area contributed by atoms with Gasteiger partial charge in [0, 0.05) is 12.0 Å². The van der Waals surface area contributed by atoms with Crippen molar-refractivity contribution in [2.45, 2.75) is 27.2 Å². The van der Waals surface area contributed by atoms with Gasteiger partial charge in [-0.2, -0.15) is 0 Å². The number of carbonyl (C=O) groups excluding carboxylic acids is 1. The average molecular weight is 386 g/mol. The number of rotatable bonds is 4. The van der Waals surface area contributed by atoms with Gasteiger partial charge >= 0.3 is 5.97 Å². The van der Waals surface area contributed by atoms with E-state index in [4.69, 9.17) is 4.74 Å². The second kappa shape index (κ2) is 7.43. The highest BCUT2D eigenvalue weighted by atomic mass is 16.5. The summed E-state index contributed by atoms with van der Waals surface area (Å²) in [4.78, 5) is 20.6. The summed E-state index contributed by atoms with van der Waals surface area (Å²) in [5.74, 6) is 1.01. The Kier molecular flexibility index (Phi) is 4.80. The van der Waals surface area contributed by atoms with Crippen molar-refractivity contribution in [3.8, 4) is 11.5 Å². The normalized spacial score (nSPS) is 11.0. The van der Waals surface area contributed by atoms with E-state index in [1.807, 2.05) is 51.1 Å². The summed E-state index contributed by atoms with van der Waals surface area (Å²) in [6.45, 7) is 5.51. The molecule has 0 aliphatic rings. The zero-order valence-electron chi connectivity index (χ0n) is 16.6. The first-order valence-electron chi connectivity index (χ1n) is 9.48. The lowest BCUT2D eigenvalue weighted by molar-refractivity contribution is 0.0731. The van der Waals surface area contributed by atoms with Crippen LogP contribution in [0.1, 0.15) is 38.4 Å². The minimum absolute atomic E-state index is 0.216. The van der Waals surface area contributed by atoms with Crippen LogP contribution in [0.2, 0.25) is 0 Å². The van der Waals surface area contributed by atoms with Crippen molar-refractivity contribution in [3.63, 3.8) is 0 Å². The lowest BCUT2D eigenvalue weighted by atomic mass is 9.95. The number of imidazole rings is 1. The number of hydrogen-bond donors (Lipinski definition) is 2. The third-order valence-electron chi connectivity index (χ3n) is 5.33. The molecule has 4 rings (SSSR count). The molecule has 0 spiro atoms. The highest BCUT2D eigenvalue weighted by Crippen LogP contribution is 2.38.